The monoisotopic (exact) mass is 469 g/mol. The summed E-state index contributed by atoms with van der Waals surface area (Å²) >= 11 is 0. The molecule has 0 aliphatic carbocycles. The molecule has 8 nitrogen and oxygen atoms in total. The molecule has 2 N–H and O–H groups in total. The summed E-state index contributed by atoms with van der Waals surface area (Å²) in [6.45, 7) is 5.76. The predicted octanol–water partition coefficient (Wildman–Crippen LogP) is 3.98. The maximum Gasteiger partial charge on any atom is 0.433 e. The number of methoxy groups -OCH3 is 1. The molecule has 180 valence electrons. The Kier molecular flexibility index (Phi) is 6.92. The molecule has 0 radical (unpaired) electrons. The second-order valence-corrected chi connectivity index (χ2v) is 8.57. The number of aliphatic hydroxyl groups is 1. The molecule has 3 rings (SSSR count). The number of aliphatic hydroxyl groups excluding tert-OH is 1. The Morgan fingerprint density at radius 1 is 1.12 bits per heavy atom. The minimum Gasteiger partial charge on any atom is -0.497 e. The Hall–Kier alpha value is -3.21. The van der Waals surface area contributed by atoms with Crippen LogP contribution in [0.4, 0.5) is 23.7 Å². The van der Waals surface area contributed by atoms with Crippen LogP contribution in [0.1, 0.15) is 26.5 Å². The van der Waals surface area contributed by atoms with Crippen molar-refractivity contribution in [1.29, 1.82) is 0 Å². The minimum atomic E-state index is -4.54. The van der Waals surface area contributed by atoms with E-state index in [1.54, 1.807) is 39.0 Å². The van der Waals surface area contributed by atoms with Crippen molar-refractivity contribution in [3.63, 3.8) is 0 Å². The second-order valence-electron chi connectivity index (χ2n) is 8.57. The fourth-order valence-electron chi connectivity index (χ4n) is 3.26. The maximum absolute atomic E-state index is 12.7. The van der Waals surface area contributed by atoms with Crippen molar-refractivity contribution in [3.05, 3.63) is 42.2 Å². The van der Waals surface area contributed by atoms with E-state index in [0.29, 0.717) is 23.7 Å². The smallest absolute Gasteiger partial charge is 0.433 e. The highest BCUT2D eigenvalue weighted by Crippen LogP contribution is 2.34. The van der Waals surface area contributed by atoms with Gasteiger partial charge in [-0.25, -0.2) is 9.78 Å². The molecule has 1 aromatic carbocycles. The number of hydrogen-bond acceptors (Lipinski definition) is 7. The Morgan fingerprint density at radius 3 is 2.39 bits per heavy atom. The first-order valence-corrected chi connectivity index (χ1v) is 10.2. The lowest BCUT2D eigenvalue weighted by molar-refractivity contribution is -0.141. The third-order valence-corrected chi connectivity index (χ3v) is 4.72. The van der Waals surface area contributed by atoms with Crippen LogP contribution < -0.4 is 19.7 Å². The van der Waals surface area contributed by atoms with E-state index < -0.39 is 35.7 Å². The normalized spacial score (nSPS) is 18.7. The minimum absolute atomic E-state index is 0.119. The summed E-state index contributed by atoms with van der Waals surface area (Å²) in [7, 11) is 1.47. The van der Waals surface area contributed by atoms with Crippen LogP contribution in [0.25, 0.3) is 0 Å². The largest absolute Gasteiger partial charge is 0.497 e. The standard InChI is InChI=1S/C22H26F3N3O5/c1-21(2,3)33-20(30)27-17-11-28(12-18(17)29)13-7-15(31-4)9-16(8-13)32-14-5-6-19(26-10-14)22(23,24)25/h5-10,17-18,29H,11-12H2,1-4H3,(H,27,30)/t17-,18+/m1/s1. The highest BCUT2D eigenvalue weighted by molar-refractivity contribution is 5.68. The summed E-state index contributed by atoms with van der Waals surface area (Å²) in [5, 5.41) is 13.1. The first kappa shape index (κ1) is 24.4. The molecule has 2 aromatic rings. The molecule has 1 aromatic heterocycles. The molecular weight excluding hydrogens is 443 g/mol. The van der Waals surface area contributed by atoms with Gasteiger partial charge in [-0.05, 0) is 32.9 Å². The SMILES string of the molecule is COc1cc(Oc2ccc(C(F)(F)F)nc2)cc(N2C[C@H](O)[C@H](NC(=O)OC(C)(C)C)C2)c1. The number of carbonyl (C=O) groups is 1. The highest BCUT2D eigenvalue weighted by Gasteiger charge is 2.34. The van der Waals surface area contributed by atoms with Gasteiger partial charge in [0.25, 0.3) is 0 Å². The van der Waals surface area contributed by atoms with Crippen LogP contribution in [0, 0.1) is 0 Å². The van der Waals surface area contributed by atoms with Gasteiger partial charge in [0.15, 0.2) is 0 Å². The summed E-state index contributed by atoms with van der Waals surface area (Å²) in [5.74, 6) is 0.873. The second kappa shape index (κ2) is 9.34. The number of nitrogens with zero attached hydrogens (tertiary/aromatic N) is 2. The number of nitrogens with one attached hydrogen (secondary N) is 1. The zero-order valence-electron chi connectivity index (χ0n) is 18.6. The third-order valence-electron chi connectivity index (χ3n) is 4.72. The lowest BCUT2D eigenvalue weighted by Gasteiger charge is -2.23. The van der Waals surface area contributed by atoms with Crippen LogP contribution in [0.3, 0.4) is 0 Å². The molecule has 11 heteroatoms. The molecule has 0 spiro atoms. The van der Waals surface area contributed by atoms with Gasteiger partial charge in [0.05, 0.1) is 25.5 Å². The average Bonchev–Trinajstić information content (AvgIpc) is 3.06. The van der Waals surface area contributed by atoms with Gasteiger partial charge >= 0.3 is 12.3 Å². The van der Waals surface area contributed by atoms with Crippen LogP contribution in [-0.2, 0) is 10.9 Å². The van der Waals surface area contributed by atoms with Crippen molar-refractivity contribution >= 4 is 11.8 Å². The van der Waals surface area contributed by atoms with Gasteiger partial charge in [-0.3, -0.25) is 0 Å². The number of rotatable bonds is 5. The number of hydrogen-bond donors (Lipinski definition) is 2. The summed E-state index contributed by atoms with van der Waals surface area (Å²) in [4.78, 5) is 17.3. The molecule has 1 saturated heterocycles. The van der Waals surface area contributed by atoms with Gasteiger partial charge in [-0.1, -0.05) is 0 Å². The summed E-state index contributed by atoms with van der Waals surface area (Å²) in [6.07, 6.45) is -5.02. The number of carbonyl (C=O) groups excluding carboxylic acids is 1. The van der Waals surface area contributed by atoms with E-state index in [2.05, 4.69) is 10.3 Å². The molecule has 1 aliphatic rings. The van der Waals surface area contributed by atoms with Crippen LogP contribution in [0.2, 0.25) is 0 Å². The van der Waals surface area contributed by atoms with Crippen LogP contribution >= 0.6 is 0 Å². The van der Waals surface area contributed by atoms with Crippen LogP contribution in [0.15, 0.2) is 36.5 Å². The van der Waals surface area contributed by atoms with E-state index in [1.165, 1.54) is 13.2 Å². The zero-order valence-corrected chi connectivity index (χ0v) is 18.6. The van der Waals surface area contributed by atoms with Gasteiger partial charge in [-0.2, -0.15) is 13.2 Å². The molecule has 1 fully saturated rings. The van der Waals surface area contributed by atoms with Crippen molar-refractivity contribution in [2.24, 2.45) is 0 Å². The van der Waals surface area contributed by atoms with Gasteiger partial charge in [0, 0.05) is 37.0 Å². The Balaban J connectivity index is 1.73. The average molecular weight is 469 g/mol. The number of alkyl carbamates (subject to hydrolysis) is 1. The molecule has 2 atom stereocenters. The van der Waals surface area contributed by atoms with Gasteiger partial charge in [0.1, 0.15) is 28.5 Å². The van der Waals surface area contributed by atoms with E-state index >= 15 is 0 Å². The van der Waals surface area contributed by atoms with E-state index in [0.717, 1.165) is 12.3 Å². The Labute approximate surface area is 189 Å². The molecule has 0 saturated carbocycles. The predicted molar refractivity (Wildman–Crippen MR) is 114 cm³/mol. The van der Waals surface area contributed by atoms with Crippen molar-refractivity contribution in [3.8, 4) is 17.2 Å². The van der Waals surface area contributed by atoms with E-state index in [1.807, 2.05) is 4.90 Å². The molecule has 2 heterocycles. The van der Waals surface area contributed by atoms with Gasteiger partial charge in [-0.15, -0.1) is 0 Å². The number of benzene rings is 1. The van der Waals surface area contributed by atoms with Crippen molar-refractivity contribution in [1.82, 2.24) is 10.3 Å². The number of pyridine rings is 1. The fraction of sp³-hybridized carbons (Fsp3) is 0.455. The topological polar surface area (TPSA) is 93.2 Å². The third kappa shape index (κ3) is 6.64. The first-order chi connectivity index (χ1) is 15.3. The quantitative estimate of drug-likeness (QED) is 0.684. The van der Waals surface area contributed by atoms with Crippen LogP contribution in [0.5, 0.6) is 17.2 Å². The summed E-state index contributed by atoms with van der Waals surface area (Å²) < 4.78 is 54.4. The van der Waals surface area contributed by atoms with Gasteiger partial charge in [0.2, 0.25) is 0 Å². The lowest BCUT2D eigenvalue weighted by atomic mass is 10.2. The van der Waals surface area contributed by atoms with Gasteiger partial charge < -0.3 is 29.5 Å². The Morgan fingerprint density at radius 2 is 1.82 bits per heavy atom. The Bertz CT molecular complexity index is 977. The number of anilines is 1. The summed E-state index contributed by atoms with van der Waals surface area (Å²) in [5.41, 5.74) is -1.05. The lowest BCUT2D eigenvalue weighted by Crippen LogP contribution is -2.45. The number of ether oxygens (including phenoxy) is 3. The molecule has 33 heavy (non-hydrogen) atoms. The van der Waals surface area contributed by atoms with Crippen molar-refractivity contribution in [2.75, 3.05) is 25.1 Å². The van der Waals surface area contributed by atoms with E-state index in [9.17, 15) is 23.1 Å². The number of amides is 1. The van der Waals surface area contributed by atoms with E-state index in [-0.39, 0.29) is 12.3 Å². The summed E-state index contributed by atoms with van der Waals surface area (Å²) in [6, 6.07) is 6.40. The number of alkyl halides is 3. The number of aromatic nitrogens is 1. The fourth-order valence-corrected chi connectivity index (χ4v) is 3.26. The molecule has 1 amide bonds. The highest BCUT2D eigenvalue weighted by atomic mass is 19.4. The van der Waals surface area contributed by atoms with Crippen molar-refractivity contribution < 1.29 is 37.3 Å². The van der Waals surface area contributed by atoms with Crippen LogP contribution in [-0.4, -0.2) is 54.1 Å². The molecule has 0 unspecified atom stereocenters. The molecule has 1 aliphatic heterocycles. The zero-order chi connectivity index (χ0) is 24.4. The maximum atomic E-state index is 12.7. The molecular formula is C22H26F3N3O5. The number of β-amino-alcohol motifs (C(OH)–C–C–N with tert-alkyl or cyclic N) is 1. The van der Waals surface area contributed by atoms with E-state index in [4.69, 9.17) is 14.2 Å². The molecule has 0 bridgehead atoms. The first-order valence-electron chi connectivity index (χ1n) is 10.2. The van der Waals surface area contributed by atoms with Crippen molar-refractivity contribution in [2.45, 2.75) is 44.7 Å². The number of halogens is 3.